The molecule has 3 rings (SSSR count). The maximum atomic E-state index is 13.0. The van der Waals surface area contributed by atoms with Gasteiger partial charge in [0.25, 0.3) is 0 Å². The van der Waals surface area contributed by atoms with Crippen molar-refractivity contribution in [1.82, 2.24) is 4.90 Å². The van der Waals surface area contributed by atoms with E-state index in [1.165, 1.54) is 5.56 Å². The van der Waals surface area contributed by atoms with Gasteiger partial charge in [0, 0.05) is 13.0 Å². The predicted octanol–water partition coefficient (Wildman–Crippen LogP) is 4.05. The third kappa shape index (κ3) is 3.79. The summed E-state index contributed by atoms with van der Waals surface area (Å²) in [6.07, 6.45) is 2.15. The predicted molar refractivity (Wildman–Crippen MR) is 101 cm³/mol. The first-order chi connectivity index (χ1) is 12.6. The fourth-order valence-corrected chi connectivity index (χ4v) is 3.82. The van der Waals surface area contributed by atoms with Crippen molar-refractivity contribution in [2.45, 2.75) is 38.6 Å². The number of carboxylic acid groups (broad SMARTS) is 1. The molecule has 0 aliphatic carbocycles. The number of carboxylic acids is 1. The van der Waals surface area contributed by atoms with E-state index in [1.54, 1.807) is 0 Å². The Kier molecular flexibility index (Phi) is 5.71. The molecule has 2 unspecified atom stereocenters. The van der Waals surface area contributed by atoms with Crippen molar-refractivity contribution in [3.05, 3.63) is 71.3 Å². The topological polar surface area (TPSA) is 57.6 Å². The van der Waals surface area contributed by atoms with Crippen LogP contribution in [0.5, 0.6) is 0 Å². The fraction of sp³-hybridized carbons (Fsp3) is 0.364. The SMILES string of the molecule is CCCC(CC(=O)N1CCc2ccccc2C1c1ccccc1)C(=O)O. The lowest BCUT2D eigenvalue weighted by Crippen LogP contribution is -2.41. The molecule has 136 valence electrons. The van der Waals surface area contributed by atoms with Crippen LogP contribution in [0.3, 0.4) is 0 Å². The van der Waals surface area contributed by atoms with Crippen LogP contribution in [0.1, 0.15) is 48.9 Å². The van der Waals surface area contributed by atoms with E-state index in [9.17, 15) is 14.7 Å². The average molecular weight is 351 g/mol. The minimum Gasteiger partial charge on any atom is -0.481 e. The summed E-state index contributed by atoms with van der Waals surface area (Å²) < 4.78 is 0. The molecule has 1 aliphatic rings. The zero-order chi connectivity index (χ0) is 18.5. The van der Waals surface area contributed by atoms with Gasteiger partial charge in [-0.15, -0.1) is 0 Å². The average Bonchev–Trinajstić information content (AvgIpc) is 2.67. The van der Waals surface area contributed by atoms with Crippen molar-refractivity contribution in [2.75, 3.05) is 6.54 Å². The Balaban J connectivity index is 1.92. The molecule has 2 aromatic carbocycles. The molecular formula is C22H25NO3. The number of nitrogens with zero attached hydrogens (tertiary/aromatic N) is 1. The van der Waals surface area contributed by atoms with Gasteiger partial charge in [-0.3, -0.25) is 9.59 Å². The molecule has 0 saturated carbocycles. The zero-order valence-electron chi connectivity index (χ0n) is 15.1. The summed E-state index contributed by atoms with van der Waals surface area (Å²) in [5.41, 5.74) is 3.46. The number of hydrogen-bond donors (Lipinski definition) is 1. The van der Waals surface area contributed by atoms with Crippen LogP contribution in [0.15, 0.2) is 54.6 Å². The molecule has 0 bridgehead atoms. The summed E-state index contributed by atoms with van der Waals surface area (Å²) >= 11 is 0. The van der Waals surface area contributed by atoms with Crippen LogP contribution >= 0.6 is 0 Å². The van der Waals surface area contributed by atoms with Crippen molar-refractivity contribution in [3.8, 4) is 0 Å². The molecule has 2 aromatic rings. The summed E-state index contributed by atoms with van der Waals surface area (Å²) in [4.78, 5) is 26.4. The van der Waals surface area contributed by atoms with Crippen LogP contribution in [0.25, 0.3) is 0 Å². The molecule has 0 fully saturated rings. The normalized spacial score (nSPS) is 17.4. The lowest BCUT2D eigenvalue weighted by atomic mass is 9.87. The van der Waals surface area contributed by atoms with Crippen molar-refractivity contribution in [2.24, 2.45) is 5.92 Å². The lowest BCUT2D eigenvalue weighted by molar-refractivity contribution is -0.146. The number of carbonyl (C=O) groups excluding carboxylic acids is 1. The number of fused-ring (bicyclic) bond motifs is 1. The first-order valence-electron chi connectivity index (χ1n) is 9.26. The van der Waals surface area contributed by atoms with Gasteiger partial charge >= 0.3 is 5.97 Å². The summed E-state index contributed by atoms with van der Waals surface area (Å²) in [5.74, 6) is -1.57. The van der Waals surface area contributed by atoms with Crippen LogP contribution < -0.4 is 0 Å². The summed E-state index contributed by atoms with van der Waals surface area (Å²) in [5, 5.41) is 9.42. The number of rotatable bonds is 6. The Morgan fingerprint density at radius 2 is 1.81 bits per heavy atom. The van der Waals surface area contributed by atoms with Crippen molar-refractivity contribution in [3.63, 3.8) is 0 Å². The van der Waals surface area contributed by atoms with E-state index < -0.39 is 11.9 Å². The van der Waals surface area contributed by atoms with Gasteiger partial charge in [-0.2, -0.15) is 0 Å². The Labute approximate surface area is 154 Å². The van der Waals surface area contributed by atoms with Gasteiger partial charge in [-0.1, -0.05) is 67.9 Å². The minimum absolute atomic E-state index is 0.0642. The molecule has 1 amide bonds. The minimum atomic E-state index is -0.881. The smallest absolute Gasteiger partial charge is 0.307 e. The quantitative estimate of drug-likeness (QED) is 0.854. The van der Waals surface area contributed by atoms with E-state index in [0.717, 1.165) is 24.0 Å². The number of amides is 1. The second kappa shape index (κ2) is 8.17. The van der Waals surface area contributed by atoms with Gasteiger partial charge < -0.3 is 10.0 Å². The highest BCUT2D eigenvalue weighted by molar-refractivity contribution is 5.83. The molecule has 0 saturated heterocycles. The third-order valence-corrected chi connectivity index (χ3v) is 5.13. The zero-order valence-corrected chi connectivity index (χ0v) is 15.1. The second-order valence-electron chi connectivity index (χ2n) is 6.88. The van der Waals surface area contributed by atoms with Crippen molar-refractivity contribution < 1.29 is 14.7 Å². The molecule has 4 heteroatoms. The van der Waals surface area contributed by atoms with Crippen LogP contribution in [-0.4, -0.2) is 28.4 Å². The van der Waals surface area contributed by atoms with Gasteiger partial charge in [0.1, 0.15) is 0 Å². The van der Waals surface area contributed by atoms with Gasteiger partial charge in [-0.05, 0) is 29.5 Å². The second-order valence-corrected chi connectivity index (χ2v) is 6.88. The molecule has 1 aliphatic heterocycles. The van der Waals surface area contributed by atoms with E-state index in [0.29, 0.717) is 13.0 Å². The summed E-state index contributed by atoms with van der Waals surface area (Å²) in [7, 11) is 0. The Morgan fingerprint density at radius 3 is 2.50 bits per heavy atom. The first-order valence-corrected chi connectivity index (χ1v) is 9.26. The highest BCUT2D eigenvalue weighted by Crippen LogP contribution is 2.35. The van der Waals surface area contributed by atoms with Crippen LogP contribution in [-0.2, 0) is 16.0 Å². The Bertz CT molecular complexity index is 772. The van der Waals surface area contributed by atoms with Gasteiger partial charge in [0.2, 0.25) is 5.91 Å². The Morgan fingerprint density at radius 1 is 1.12 bits per heavy atom. The molecule has 1 N–H and O–H groups in total. The van der Waals surface area contributed by atoms with E-state index in [1.807, 2.05) is 54.3 Å². The maximum absolute atomic E-state index is 13.0. The molecular weight excluding hydrogens is 326 g/mol. The monoisotopic (exact) mass is 351 g/mol. The van der Waals surface area contributed by atoms with Crippen LogP contribution in [0.2, 0.25) is 0 Å². The molecule has 2 atom stereocenters. The maximum Gasteiger partial charge on any atom is 0.307 e. The molecule has 0 aromatic heterocycles. The number of hydrogen-bond acceptors (Lipinski definition) is 2. The Hall–Kier alpha value is -2.62. The van der Waals surface area contributed by atoms with Gasteiger partial charge in [-0.25, -0.2) is 0 Å². The number of aliphatic carboxylic acids is 1. The first kappa shape index (κ1) is 18.2. The lowest BCUT2D eigenvalue weighted by Gasteiger charge is -2.38. The third-order valence-electron chi connectivity index (χ3n) is 5.13. The largest absolute Gasteiger partial charge is 0.481 e. The van der Waals surface area contributed by atoms with E-state index in [-0.39, 0.29) is 18.4 Å². The van der Waals surface area contributed by atoms with E-state index >= 15 is 0 Å². The van der Waals surface area contributed by atoms with E-state index in [4.69, 9.17) is 0 Å². The molecule has 0 spiro atoms. The van der Waals surface area contributed by atoms with Crippen molar-refractivity contribution >= 4 is 11.9 Å². The highest BCUT2D eigenvalue weighted by Gasteiger charge is 2.33. The standard InChI is InChI=1S/C22H25NO3/c1-2-8-18(22(25)26)15-20(24)23-14-13-16-9-6-7-12-19(16)21(23)17-10-4-3-5-11-17/h3-7,9-12,18,21H,2,8,13-15H2,1H3,(H,25,26). The number of carbonyl (C=O) groups is 2. The summed E-state index contributed by atoms with van der Waals surface area (Å²) in [6, 6.07) is 18.1. The number of benzene rings is 2. The highest BCUT2D eigenvalue weighted by atomic mass is 16.4. The summed E-state index contributed by atoms with van der Waals surface area (Å²) in [6.45, 7) is 2.57. The molecule has 0 radical (unpaired) electrons. The molecule has 26 heavy (non-hydrogen) atoms. The fourth-order valence-electron chi connectivity index (χ4n) is 3.82. The van der Waals surface area contributed by atoms with Gasteiger partial charge in [0.15, 0.2) is 0 Å². The van der Waals surface area contributed by atoms with Crippen molar-refractivity contribution in [1.29, 1.82) is 0 Å². The van der Waals surface area contributed by atoms with Crippen LogP contribution in [0, 0.1) is 5.92 Å². The molecule has 1 heterocycles. The van der Waals surface area contributed by atoms with E-state index in [2.05, 4.69) is 12.1 Å². The molecule has 4 nitrogen and oxygen atoms in total. The van der Waals surface area contributed by atoms with Gasteiger partial charge in [0.05, 0.1) is 12.0 Å². The van der Waals surface area contributed by atoms with Crippen LogP contribution in [0.4, 0.5) is 0 Å².